The van der Waals surface area contributed by atoms with Crippen molar-refractivity contribution in [2.24, 2.45) is 0 Å². The molecule has 76 valence electrons. The molecule has 0 fully saturated rings. The first-order valence-corrected chi connectivity index (χ1v) is 6.29. The summed E-state index contributed by atoms with van der Waals surface area (Å²) in [6.07, 6.45) is 1.95. The molecular formula is C12H16IN. The van der Waals surface area contributed by atoms with E-state index in [9.17, 15) is 0 Å². The molecule has 0 spiro atoms. The lowest BCUT2D eigenvalue weighted by Crippen LogP contribution is -2.25. The number of hydrogen-bond acceptors (Lipinski definition) is 1. The molecule has 14 heavy (non-hydrogen) atoms. The van der Waals surface area contributed by atoms with Crippen LogP contribution in [0.2, 0.25) is 0 Å². The van der Waals surface area contributed by atoms with Crippen molar-refractivity contribution in [2.75, 3.05) is 22.4 Å². The molecule has 0 saturated heterocycles. The quantitative estimate of drug-likeness (QED) is 0.457. The molecule has 0 atom stereocenters. The van der Waals surface area contributed by atoms with Crippen LogP contribution in [0.3, 0.4) is 0 Å². The fourth-order valence-electron chi connectivity index (χ4n) is 1.34. The summed E-state index contributed by atoms with van der Waals surface area (Å²) in [5.74, 6) is 0. The van der Waals surface area contributed by atoms with Crippen LogP contribution in [-0.4, -0.2) is 17.5 Å². The zero-order chi connectivity index (χ0) is 10.4. The van der Waals surface area contributed by atoms with Crippen molar-refractivity contribution < 1.29 is 0 Å². The maximum absolute atomic E-state index is 3.78. The van der Waals surface area contributed by atoms with E-state index in [1.54, 1.807) is 0 Å². The zero-order valence-corrected chi connectivity index (χ0v) is 10.7. The standard InChI is InChI=1S/C12H16IN/c1-3-9-14(10-8-13)12-6-4-11(2)5-7-12/h3-7H,1,8-10H2,2H3. The number of hydrogen-bond donors (Lipinski definition) is 0. The van der Waals surface area contributed by atoms with Crippen molar-refractivity contribution >= 4 is 28.3 Å². The molecule has 1 aromatic carbocycles. The molecule has 0 unspecified atom stereocenters. The minimum atomic E-state index is 0.923. The Bertz CT molecular complexity index is 279. The molecule has 0 aliphatic rings. The van der Waals surface area contributed by atoms with E-state index in [1.807, 2.05) is 6.08 Å². The lowest BCUT2D eigenvalue weighted by molar-refractivity contribution is 0.921. The molecule has 0 bridgehead atoms. The van der Waals surface area contributed by atoms with Gasteiger partial charge in [0, 0.05) is 23.2 Å². The van der Waals surface area contributed by atoms with Crippen molar-refractivity contribution in [2.45, 2.75) is 6.92 Å². The van der Waals surface area contributed by atoms with Crippen LogP contribution in [0.4, 0.5) is 5.69 Å². The van der Waals surface area contributed by atoms with Crippen LogP contribution in [0.1, 0.15) is 5.56 Å². The average Bonchev–Trinajstić information content (AvgIpc) is 2.19. The highest BCUT2D eigenvalue weighted by Gasteiger charge is 2.02. The Balaban J connectivity index is 2.76. The van der Waals surface area contributed by atoms with Crippen LogP contribution < -0.4 is 4.90 Å². The van der Waals surface area contributed by atoms with Gasteiger partial charge in [0.1, 0.15) is 0 Å². The Morgan fingerprint density at radius 2 is 2.00 bits per heavy atom. The van der Waals surface area contributed by atoms with Gasteiger partial charge in [-0.05, 0) is 19.1 Å². The minimum absolute atomic E-state index is 0.923. The summed E-state index contributed by atoms with van der Waals surface area (Å²) in [5, 5.41) is 0. The molecule has 0 aromatic heterocycles. The third-order valence-corrected chi connectivity index (χ3v) is 2.59. The Morgan fingerprint density at radius 3 is 2.50 bits per heavy atom. The molecule has 2 heteroatoms. The molecule has 0 heterocycles. The summed E-state index contributed by atoms with van der Waals surface area (Å²) >= 11 is 2.40. The lowest BCUT2D eigenvalue weighted by atomic mass is 10.2. The second-order valence-electron chi connectivity index (χ2n) is 3.26. The molecular weight excluding hydrogens is 285 g/mol. The first-order chi connectivity index (χ1) is 6.77. The fourth-order valence-corrected chi connectivity index (χ4v) is 1.92. The predicted molar refractivity (Wildman–Crippen MR) is 72.5 cm³/mol. The number of benzene rings is 1. The van der Waals surface area contributed by atoms with E-state index in [0.717, 1.165) is 17.5 Å². The summed E-state index contributed by atoms with van der Waals surface area (Å²) in [5.41, 5.74) is 2.59. The van der Waals surface area contributed by atoms with E-state index >= 15 is 0 Å². The molecule has 0 radical (unpaired) electrons. The van der Waals surface area contributed by atoms with Gasteiger partial charge in [0.05, 0.1) is 0 Å². The number of anilines is 1. The van der Waals surface area contributed by atoms with Gasteiger partial charge in [0.2, 0.25) is 0 Å². The average molecular weight is 301 g/mol. The largest absolute Gasteiger partial charge is 0.367 e. The maximum Gasteiger partial charge on any atom is 0.0369 e. The van der Waals surface area contributed by atoms with Gasteiger partial charge in [0.15, 0.2) is 0 Å². The first kappa shape index (κ1) is 11.6. The summed E-state index contributed by atoms with van der Waals surface area (Å²) in [6, 6.07) is 8.65. The molecule has 0 amide bonds. The highest BCUT2D eigenvalue weighted by Crippen LogP contribution is 2.14. The van der Waals surface area contributed by atoms with Gasteiger partial charge in [-0.25, -0.2) is 0 Å². The van der Waals surface area contributed by atoms with Crippen LogP contribution in [0.5, 0.6) is 0 Å². The topological polar surface area (TPSA) is 3.24 Å². The number of rotatable bonds is 5. The van der Waals surface area contributed by atoms with E-state index in [4.69, 9.17) is 0 Å². The SMILES string of the molecule is C=CCN(CCI)c1ccc(C)cc1. The van der Waals surface area contributed by atoms with Gasteiger partial charge in [-0.3, -0.25) is 0 Å². The maximum atomic E-state index is 3.78. The minimum Gasteiger partial charge on any atom is -0.367 e. The van der Waals surface area contributed by atoms with Crippen molar-refractivity contribution in [3.8, 4) is 0 Å². The van der Waals surface area contributed by atoms with E-state index in [-0.39, 0.29) is 0 Å². The number of alkyl halides is 1. The van der Waals surface area contributed by atoms with Crippen LogP contribution in [0.15, 0.2) is 36.9 Å². The smallest absolute Gasteiger partial charge is 0.0369 e. The summed E-state index contributed by atoms with van der Waals surface area (Å²) in [7, 11) is 0. The van der Waals surface area contributed by atoms with Crippen molar-refractivity contribution in [3.63, 3.8) is 0 Å². The highest BCUT2D eigenvalue weighted by molar-refractivity contribution is 14.1. The molecule has 0 N–H and O–H groups in total. The summed E-state index contributed by atoms with van der Waals surface area (Å²) < 4.78 is 1.14. The third-order valence-electron chi connectivity index (χ3n) is 2.10. The molecule has 0 aliphatic carbocycles. The summed E-state index contributed by atoms with van der Waals surface area (Å²) in [4.78, 5) is 2.33. The number of aryl methyl sites for hydroxylation is 1. The second kappa shape index (κ2) is 6.06. The number of nitrogens with zero attached hydrogens (tertiary/aromatic N) is 1. The zero-order valence-electron chi connectivity index (χ0n) is 8.54. The molecule has 1 aromatic rings. The van der Waals surface area contributed by atoms with E-state index in [2.05, 4.69) is 65.3 Å². The molecule has 0 aliphatic heterocycles. The summed E-state index contributed by atoms with van der Waals surface area (Å²) in [6.45, 7) is 7.89. The van der Waals surface area contributed by atoms with Gasteiger partial charge in [-0.2, -0.15) is 0 Å². The van der Waals surface area contributed by atoms with Gasteiger partial charge in [-0.15, -0.1) is 6.58 Å². The van der Waals surface area contributed by atoms with Gasteiger partial charge in [-0.1, -0.05) is 46.4 Å². The van der Waals surface area contributed by atoms with Crippen LogP contribution in [0.25, 0.3) is 0 Å². The Kier molecular flexibility index (Phi) is 5.01. The monoisotopic (exact) mass is 301 g/mol. The van der Waals surface area contributed by atoms with Gasteiger partial charge < -0.3 is 4.90 Å². The fraction of sp³-hybridized carbons (Fsp3) is 0.333. The van der Waals surface area contributed by atoms with Crippen LogP contribution in [0, 0.1) is 6.92 Å². The van der Waals surface area contributed by atoms with E-state index in [1.165, 1.54) is 11.3 Å². The van der Waals surface area contributed by atoms with Gasteiger partial charge >= 0.3 is 0 Å². The molecule has 0 saturated carbocycles. The lowest BCUT2D eigenvalue weighted by Gasteiger charge is -2.22. The van der Waals surface area contributed by atoms with E-state index < -0.39 is 0 Å². The van der Waals surface area contributed by atoms with Crippen molar-refractivity contribution in [3.05, 3.63) is 42.5 Å². The van der Waals surface area contributed by atoms with Crippen LogP contribution in [-0.2, 0) is 0 Å². The Hall–Kier alpha value is -0.510. The number of halogens is 1. The van der Waals surface area contributed by atoms with E-state index in [0.29, 0.717) is 0 Å². The van der Waals surface area contributed by atoms with Gasteiger partial charge in [0.25, 0.3) is 0 Å². The normalized spacial score (nSPS) is 9.86. The third kappa shape index (κ3) is 3.33. The predicted octanol–water partition coefficient (Wildman–Crippen LogP) is 3.42. The first-order valence-electron chi connectivity index (χ1n) is 4.76. The van der Waals surface area contributed by atoms with Crippen molar-refractivity contribution in [1.82, 2.24) is 0 Å². The Labute approximate surface area is 100.0 Å². The Morgan fingerprint density at radius 1 is 1.36 bits per heavy atom. The second-order valence-corrected chi connectivity index (χ2v) is 4.34. The van der Waals surface area contributed by atoms with Crippen LogP contribution >= 0.6 is 22.6 Å². The highest BCUT2D eigenvalue weighted by atomic mass is 127. The van der Waals surface area contributed by atoms with Crippen molar-refractivity contribution in [1.29, 1.82) is 0 Å². The molecule has 1 rings (SSSR count). The molecule has 1 nitrogen and oxygen atoms in total.